The molecule has 1 amide bonds. The van der Waals surface area contributed by atoms with Crippen LogP contribution in [0.1, 0.15) is 34.3 Å². The van der Waals surface area contributed by atoms with Crippen LogP contribution in [0.2, 0.25) is 0 Å². The first kappa shape index (κ1) is 14.8. The van der Waals surface area contributed by atoms with E-state index in [1.807, 2.05) is 19.1 Å². The van der Waals surface area contributed by atoms with Crippen LogP contribution in [0, 0.1) is 6.92 Å². The summed E-state index contributed by atoms with van der Waals surface area (Å²) in [6.45, 7) is 5.45. The second kappa shape index (κ2) is 6.32. The number of nitrogens with zero attached hydrogens (tertiary/aromatic N) is 1. The summed E-state index contributed by atoms with van der Waals surface area (Å²) in [6.07, 6.45) is 2.63. The first-order chi connectivity index (χ1) is 10.6. The van der Waals surface area contributed by atoms with E-state index in [1.54, 1.807) is 6.07 Å². The Balaban J connectivity index is 1.86. The molecule has 1 heterocycles. The summed E-state index contributed by atoms with van der Waals surface area (Å²) in [5, 5.41) is 0. The van der Waals surface area contributed by atoms with Crippen molar-refractivity contribution in [2.24, 2.45) is 5.73 Å². The molecule has 3 heteroatoms. The fraction of sp³-hybridized carbons (Fsp3) is 0.316. The van der Waals surface area contributed by atoms with Crippen LogP contribution < -0.4 is 5.73 Å². The van der Waals surface area contributed by atoms with Gasteiger partial charge in [-0.05, 0) is 73.3 Å². The van der Waals surface area contributed by atoms with Gasteiger partial charge in [0, 0.05) is 12.1 Å². The molecule has 0 radical (unpaired) electrons. The Bertz CT molecular complexity index is 688. The lowest BCUT2D eigenvalue weighted by Gasteiger charge is -2.15. The summed E-state index contributed by atoms with van der Waals surface area (Å²) in [7, 11) is 0. The minimum Gasteiger partial charge on any atom is -0.366 e. The first-order valence-corrected chi connectivity index (χ1v) is 7.85. The zero-order valence-corrected chi connectivity index (χ0v) is 13.0. The average Bonchev–Trinajstić information content (AvgIpc) is 3.00. The topological polar surface area (TPSA) is 46.3 Å². The van der Waals surface area contributed by atoms with Crippen LogP contribution in [-0.4, -0.2) is 23.9 Å². The third-order valence-corrected chi connectivity index (χ3v) is 4.35. The Labute approximate surface area is 131 Å². The van der Waals surface area contributed by atoms with E-state index in [-0.39, 0.29) is 5.91 Å². The highest BCUT2D eigenvalue weighted by molar-refractivity contribution is 5.93. The SMILES string of the molecule is Cc1cc(C(N)=O)ccc1-c1cccc(CN2CCCC2)c1. The minimum absolute atomic E-state index is 0.377. The smallest absolute Gasteiger partial charge is 0.248 e. The van der Waals surface area contributed by atoms with E-state index in [0.717, 1.165) is 17.7 Å². The van der Waals surface area contributed by atoms with Crippen molar-refractivity contribution < 1.29 is 4.79 Å². The van der Waals surface area contributed by atoms with Gasteiger partial charge in [0.2, 0.25) is 5.91 Å². The molecule has 3 nitrogen and oxygen atoms in total. The van der Waals surface area contributed by atoms with Crippen molar-refractivity contribution in [1.29, 1.82) is 0 Å². The number of amides is 1. The Hall–Kier alpha value is -2.13. The lowest BCUT2D eigenvalue weighted by atomic mass is 9.97. The second-order valence-electron chi connectivity index (χ2n) is 6.08. The fourth-order valence-electron chi connectivity index (χ4n) is 3.18. The van der Waals surface area contributed by atoms with Gasteiger partial charge < -0.3 is 5.73 Å². The van der Waals surface area contributed by atoms with Gasteiger partial charge in [0.25, 0.3) is 0 Å². The third kappa shape index (κ3) is 3.20. The minimum atomic E-state index is -0.377. The molecule has 2 N–H and O–H groups in total. The number of benzene rings is 2. The Morgan fingerprint density at radius 2 is 1.91 bits per heavy atom. The molecular weight excluding hydrogens is 272 g/mol. The van der Waals surface area contributed by atoms with Gasteiger partial charge >= 0.3 is 0 Å². The second-order valence-corrected chi connectivity index (χ2v) is 6.08. The van der Waals surface area contributed by atoms with Gasteiger partial charge in [-0.1, -0.05) is 24.3 Å². The summed E-state index contributed by atoms with van der Waals surface area (Å²) in [5.41, 5.74) is 10.7. The molecule has 0 aromatic heterocycles. The van der Waals surface area contributed by atoms with Crippen LogP contribution in [0.25, 0.3) is 11.1 Å². The molecule has 114 valence electrons. The molecule has 1 saturated heterocycles. The number of hydrogen-bond acceptors (Lipinski definition) is 2. The monoisotopic (exact) mass is 294 g/mol. The van der Waals surface area contributed by atoms with Crippen LogP contribution in [0.3, 0.4) is 0 Å². The molecule has 1 fully saturated rings. The third-order valence-electron chi connectivity index (χ3n) is 4.35. The molecule has 0 saturated carbocycles. The highest BCUT2D eigenvalue weighted by Crippen LogP contribution is 2.26. The Kier molecular flexibility index (Phi) is 4.25. The van der Waals surface area contributed by atoms with Gasteiger partial charge in [0.05, 0.1) is 0 Å². The van der Waals surface area contributed by atoms with Crippen molar-refractivity contribution >= 4 is 5.91 Å². The van der Waals surface area contributed by atoms with Crippen molar-refractivity contribution in [1.82, 2.24) is 4.90 Å². The average molecular weight is 294 g/mol. The summed E-state index contributed by atoms with van der Waals surface area (Å²) < 4.78 is 0. The number of likely N-dealkylation sites (tertiary alicyclic amines) is 1. The molecular formula is C19H22N2O. The summed E-state index contributed by atoms with van der Waals surface area (Å²) in [6, 6.07) is 14.3. The van der Waals surface area contributed by atoms with Crippen LogP contribution >= 0.6 is 0 Å². The van der Waals surface area contributed by atoms with E-state index in [4.69, 9.17) is 5.73 Å². The van der Waals surface area contributed by atoms with Gasteiger partial charge in [-0.2, -0.15) is 0 Å². The number of carbonyl (C=O) groups is 1. The number of carbonyl (C=O) groups excluding carboxylic acids is 1. The molecule has 3 rings (SSSR count). The van der Waals surface area contributed by atoms with Gasteiger partial charge in [0.15, 0.2) is 0 Å². The molecule has 1 aliphatic rings. The molecule has 2 aromatic rings. The van der Waals surface area contributed by atoms with Crippen molar-refractivity contribution in [3.8, 4) is 11.1 Å². The van der Waals surface area contributed by atoms with Crippen molar-refractivity contribution in [2.75, 3.05) is 13.1 Å². The van der Waals surface area contributed by atoms with E-state index in [2.05, 4.69) is 29.2 Å². The van der Waals surface area contributed by atoms with E-state index >= 15 is 0 Å². The predicted octanol–water partition coefficient (Wildman–Crippen LogP) is 3.36. The molecule has 0 aliphatic carbocycles. The largest absolute Gasteiger partial charge is 0.366 e. The van der Waals surface area contributed by atoms with Gasteiger partial charge in [-0.3, -0.25) is 9.69 Å². The quantitative estimate of drug-likeness (QED) is 0.940. The number of hydrogen-bond donors (Lipinski definition) is 1. The maximum atomic E-state index is 11.3. The highest BCUT2D eigenvalue weighted by atomic mass is 16.1. The molecule has 0 unspecified atom stereocenters. The van der Waals surface area contributed by atoms with Crippen LogP contribution in [0.4, 0.5) is 0 Å². The molecule has 2 aromatic carbocycles. The Morgan fingerprint density at radius 3 is 2.59 bits per heavy atom. The van der Waals surface area contributed by atoms with Crippen LogP contribution in [0.5, 0.6) is 0 Å². The maximum absolute atomic E-state index is 11.3. The number of aryl methyl sites for hydroxylation is 1. The zero-order chi connectivity index (χ0) is 15.5. The molecule has 0 bridgehead atoms. The van der Waals surface area contributed by atoms with E-state index in [1.165, 1.54) is 37.1 Å². The zero-order valence-electron chi connectivity index (χ0n) is 13.0. The number of nitrogens with two attached hydrogens (primary N) is 1. The van der Waals surface area contributed by atoms with Crippen LogP contribution in [-0.2, 0) is 6.54 Å². The highest BCUT2D eigenvalue weighted by Gasteiger charge is 2.12. The molecule has 1 aliphatic heterocycles. The summed E-state index contributed by atoms with van der Waals surface area (Å²) in [5.74, 6) is -0.377. The van der Waals surface area contributed by atoms with Gasteiger partial charge in [-0.15, -0.1) is 0 Å². The molecule has 0 atom stereocenters. The van der Waals surface area contributed by atoms with E-state index in [0.29, 0.717) is 5.56 Å². The van der Waals surface area contributed by atoms with Crippen LogP contribution in [0.15, 0.2) is 42.5 Å². The first-order valence-electron chi connectivity index (χ1n) is 7.85. The lowest BCUT2D eigenvalue weighted by Crippen LogP contribution is -2.18. The maximum Gasteiger partial charge on any atom is 0.248 e. The normalized spacial score (nSPS) is 15.1. The van der Waals surface area contributed by atoms with Gasteiger partial charge in [-0.25, -0.2) is 0 Å². The van der Waals surface area contributed by atoms with E-state index < -0.39 is 0 Å². The molecule has 0 spiro atoms. The summed E-state index contributed by atoms with van der Waals surface area (Å²) >= 11 is 0. The lowest BCUT2D eigenvalue weighted by molar-refractivity contribution is 0.1000. The van der Waals surface area contributed by atoms with Gasteiger partial charge in [0.1, 0.15) is 0 Å². The van der Waals surface area contributed by atoms with E-state index in [9.17, 15) is 4.79 Å². The number of primary amides is 1. The molecule has 22 heavy (non-hydrogen) atoms. The fourth-order valence-corrected chi connectivity index (χ4v) is 3.18. The predicted molar refractivity (Wildman–Crippen MR) is 89.6 cm³/mol. The summed E-state index contributed by atoms with van der Waals surface area (Å²) in [4.78, 5) is 13.8. The van der Waals surface area contributed by atoms with Crippen molar-refractivity contribution in [2.45, 2.75) is 26.3 Å². The Morgan fingerprint density at radius 1 is 1.14 bits per heavy atom. The number of rotatable bonds is 4. The van der Waals surface area contributed by atoms with Crippen molar-refractivity contribution in [3.05, 3.63) is 59.2 Å². The van der Waals surface area contributed by atoms with Crippen molar-refractivity contribution in [3.63, 3.8) is 0 Å². The standard InChI is InChI=1S/C19H22N2O/c1-14-11-17(19(20)22)7-8-18(14)16-6-4-5-15(12-16)13-21-9-2-3-10-21/h4-8,11-12H,2-3,9-10,13H2,1H3,(H2,20,22).